The molecule has 0 aliphatic heterocycles. The minimum atomic E-state index is -1.41. The Labute approximate surface area is 349 Å². The Bertz CT molecular complexity index is 2470. The van der Waals surface area contributed by atoms with Gasteiger partial charge in [-0.05, 0) is 49.2 Å². The molecule has 5 heteroatoms. The van der Waals surface area contributed by atoms with Crippen LogP contribution >= 0.6 is 11.3 Å². The van der Waals surface area contributed by atoms with Crippen molar-refractivity contribution in [3.05, 3.63) is 165 Å². The van der Waals surface area contributed by atoms with E-state index in [9.17, 15) is 0 Å². The van der Waals surface area contributed by atoms with Crippen LogP contribution in [0.3, 0.4) is 0 Å². The first-order valence-corrected chi connectivity index (χ1v) is 23.3. The maximum Gasteiger partial charge on any atom is 0.0709 e. The van der Waals surface area contributed by atoms with Gasteiger partial charge in [-0.25, -0.2) is 0 Å². The molecule has 0 aliphatic rings. The molecule has 3 heterocycles. The van der Waals surface area contributed by atoms with Crippen molar-refractivity contribution in [1.82, 2.24) is 0 Å². The molecule has 55 heavy (non-hydrogen) atoms. The standard InChI is InChI=1S/C29H26NS.C21H30NSi.Ir/c1-19-11-13-24-23-14-12-21(20-9-7-6-8-10-20)17-26(23)31-28(24)27(19)25-18-22(29(2,3)4)15-16-30(25)5;1-14(2)18-12-19(22(6)13-20(18)23(7,8)9)21-16(4)10-15(3)11-17(21)5;/h6-18H,1,5H2,2-4H3;10-14H,4,6H2,1-3,5,7-9H3;/q2*-1;. The topological polar surface area (TPSA) is 7.76 Å². The fourth-order valence-electron chi connectivity index (χ4n) is 7.53. The first kappa shape index (κ1) is 41.9. The van der Waals surface area contributed by atoms with Crippen LogP contribution in [0.15, 0.2) is 103 Å². The zero-order chi connectivity index (χ0) is 39.3. The summed E-state index contributed by atoms with van der Waals surface area (Å²) in [5, 5.41) is 4.08. The summed E-state index contributed by atoms with van der Waals surface area (Å²) < 4.78 is 6.59. The number of fused-ring (bicyclic) bond motifs is 3. The van der Waals surface area contributed by atoms with E-state index in [4.69, 9.17) is 0 Å². The van der Waals surface area contributed by atoms with Crippen LogP contribution in [-0.2, 0) is 25.5 Å². The van der Waals surface area contributed by atoms with E-state index in [1.54, 1.807) is 0 Å². The van der Waals surface area contributed by atoms with Crippen LogP contribution in [0.4, 0.5) is 0 Å². The first-order chi connectivity index (χ1) is 25.3. The van der Waals surface area contributed by atoms with E-state index < -0.39 is 8.07 Å². The molecule has 4 aromatic carbocycles. The molecule has 0 spiro atoms. The molecule has 2 nitrogen and oxygen atoms in total. The smallest absolute Gasteiger partial charge is 0.0709 e. The second-order valence-electron chi connectivity index (χ2n) is 17.2. The molecule has 0 unspecified atom stereocenters. The summed E-state index contributed by atoms with van der Waals surface area (Å²) in [7, 11) is 7.15. The van der Waals surface area contributed by atoms with Gasteiger partial charge < -0.3 is 9.13 Å². The Balaban J connectivity index is 0.000000217. The van der Waals surface area contributed by atoms with E-state index >= 15 is 0 Å². The summed E-state index contributed by atoms with van der Waals surface area (Å²) >= 11 is 1.85. The normalized spacial score (nSPS) is 11.8. The van der Waals surface area contributed by atoms with E-state index in [0.717, 1.165) is 16.8 Å². The minimum Gasteiger partial charge on any atom is -0.343 e. The van der Waals surface area contributed by atoms with E-state index in [1.165, 1.54) is 75.6 Å². The van der Waals surface area contributed by atoms with Gasteiger partial charge in [0.05, 0.1) is 31.9 Å². The Morgan fingerprint density at radius 3 is 1.96 bits per heavy atom. The van der Waals surface area contributed by atoms with Crippen LogP contribution in [0.2, 0.25) is 19.6 Å². The first-order valence-electron chi connectivity index (χ1n) is 18.9. The molecule has 0 bridgehead atoms. The Hall–Kier alpha value is -4.25. The van der Waals surface area contributed by atoms with Crippen LogP contribution < -0.4 is 14.3 Å². The van der Waals surface area contributed by atoms with Crippen LogP contribution in [0.5, 0.6) is 0 Å². The molecule has 7 rings (SSSR count). The van der Waals surface area contributed by atoms with Gasteiger partial charge in [-0.1, -0.05) is 152 Å². The van der Waals surface area contributed by atoms with Crippen molar-refractivity contribution in [3.8, 4) is 33.6 Å². The molecule has 0 N–H and O–H groups in total. The molecule has 3 aromatic heterocycles. The van der Waals surface area contributed by atoms with Crippen LogP contribution in [0, 0.1) is 41.8 Å². The van der Waals surface area contributed by atoms with Crippen molar-refractivity contribution < 1.29 is 29.2 Å². The molecule has 0 atom stereocenters. The molecule has 0 saturated heterocycles. The van der Waals surface area contributed by atoms with Gasteiger partial charge in [0, 0.05) is 38.9 Å². The number of hydrogen-bond acceptors (Lipinski definition) is 1. The second-order valence-corrected chi connectivity index (χ2v) is 23.3. The maximum atomic E-state index is 4.38. The molecule has 7 aromatic rings. The van der Waals surface area contributed by atoms with E-state index in [-0.39, 0.29) is 25.5 Å². The van der Waals surface area contributed by atoms with Crippen LogP contribution in [-0.4, -0.2) is 8.07 Å². The van der Waals surface area contributed by atoms with Gasteiger partial charge in [0.1, 0.15) is 0 Å². The SMILES string of the molecule is [CH2-]c1cc(C)cc(C)c1-c1cc(C(C)C)c([Si](C)(C)C)c[n+]1[CH2-].[CH2-]c1ccc2c(sc3cc(-c4ccccc4)ccc32)c1-c1cc(C(C)(C)C)cc[n+]1[CH2-].[Ir]. The second kappa shape index (κ2) is 16.1. The number of pyridine rings is 2. The number of aryl methyl sites for hydroxylation is 2. The van der Waals surface area contributed by atoms with Gasteiger partial charge in [0.2, 0.25) is 0 Å². The predicted molar refractivity (Wildman–Crippen MR) is 238 cm³/mol. The number of benzene rings is 4. The molecular formula is C50H56IrN2SSi-2. The van der Waals surface area contributed by atoms with Gasteiger partial charge in [-0.15, -0.1) is 34.1 Å². The molecular weight excluding hydrogens is 881 g/mol. The Morgan fingerprint density at radius 2 is 1.35 bits per heavy atom. The maximum absolute atomic E-state index is 4.38. The van der Waals surface area contributed by atoms with Crippen molar-refractivity contribution in [1.29, 1.82) is 0 Å². The summed E-state index contributed by atoms with van der Waals surface area (Å²) in [6.45, 7) is 31.4. The number of hydrogen-bond donors (Lipinski definition) is 0. The number of thiophene rings is 1. The van der Waals surface area contributed by atoms with Crippen molar-refractivity contribution >= 4 is 44.8 Å². The molecule has 0 amide bonds. The summed E-state index contributed by atoms with van der Waals surface area (Å²) in [6, 6.07) is 32.9. The third-order valence-electron chi connectivity index (χ3n) is 10.4. The van der Waals surface area contributed by atoms with Crippen molar-refractivity contribution in [2.24, 2.45) is 0 Å². The summed E-state index contributed by atoms with van der Waals surface area (Å²) in [6.07, 6.45) is 4.32. The van der Waals surface area contributed by atoms with Crippen LogP contribution in [0.1, 0.15) is 73.9 Å². The van der Waals surface area contributed by atoms with Gasteiger partial charge in [-0.2, -0.15) is 37.1 Å². The number of nitrogens with zero attached hydrogens (tertiary/aromatic N) is 2. The third-order valence-corrected chi connectivity index (χ3v) is 13.7. The molecule has 1 radical (unpaired) electrons. The van der Waals surface area contributed by atoms with Gasteiger partial charge in [0.25, 0.3) is 0 Å². The molecule has 0 aliphatic carbocycles. The van der Waals surface area contributed by atoms with Crippen LogP contribution in [0.25, 0.3) is 53.8 Å². The zero-order valence-corrected chi connectivity index (χ0v) is 38.6. The van der Waals surface area contributed by atoms with Crippen molar-refractivity contribution in [3.63, 3.8) is 0 Å². The monoisotopic (exact) mass is 937 g/mol. The largest absolute Gasteiger partial charge is 0.343 e. The molecule has 0 fully saturated rings. The van der Waals surface area contributed by atoms with E-state index in [0.29, 0.717) is 5.92 Å². The quantitative estimate of drug-likeness (QED) is 0.0923. The molecule has 0 saturated carbocycles. The predicted octanol–water partition coefficient (Wildman–Crippen LogP) is 12.5. The zero-order valence-electron chi connectivity index (χ0n) is 34.4. The summed E-state index contributed by atoms with van der Waals surface area (Å²) in [5.41, 5.74) is 14.6. The van der Waals surface area contributed by atoms with Gasteiger partial charge >= 0.3 is 0 Å². The number of aromatic nitrogens is 2. The summed E-state index contributed by atoms with van der Waals surface area (Å²) in [5.74, 6) is 0.510. The molecule has 287 valence electrons. The average Bonchev–Trinajstić information content (AvgIpc) is 3.46. The fraction of sp³-hybridized carbons (Fsp3) is 0.240. The third kappa shape index (κ3) is 8.61. The fourth-order valence-corrected chi connectivity index (χ4v) is 10.6. The van der Waals surface area contributed by atoms with Crippen molar-refractivity contribution in [2.45, 2.75) is 79.4 Å². The van der Waals surface area contributed by atoms with Gasteiger partial charge in [0.15, 0.2) is 0 Å². The Kier molecular flexibility index (Phi) is 12.2. The average molecular weight is 937 g/mol. The number of rotatable bonds is 5. The summed E-state index contributed by atoms with van der Waals surface area (Å²) in [4.78, 5) is 0. The van der Waals surface area contributed by atoms with E-state index in [2.05, 4.69) is 199 Å². The van der Waals surface area contributed by atoms with Crippen molar-refractivity contribution in [2.75, 3.05) is 0 Å². The van der Waals surface area contributed by atoms with Gasteiger partial charge in [-0.3, -0.25) is 0 Å². The minimum absolute atomic E-state index is 0. The van der Waals surface area contributed by atoms with E-state index in [1.807, 2.05) is 20.5 Å². The Morgan fingerprint density at radius 1 is 0.691 bits per heavy atom.